The quantitative estimate of drug-likeness (QED) is 0.655. The standard InChI is InChI=1S/C13H12N2/c1-2-3-4-5-11-6-7-12-8-9-14-15-13(12)10-11/h6-10H,2,5H2,1H3. The van der Waals surface area contributed by atoms with E-state index in [1.165, 1.54) is 5.56 Å². The van der Waals surface area contributed by atoms with Gasteiger partial charge in [0.1, 0.15) is 0 Å². The van der Waals surface area contributed by atoms with Crippen molar-refractivity contribution in [3.63, 3.8) is 0 Å². The number of hydrogen-bond donors (Lipinski definition) is 0. The maximum Gasteiger partial charge on any atom is 0.0932 e. The summed E-state index contributed by atoms with van der Waals surface area (Å²) in [6.07, 6.45) is 3.41. The second kappa shape index (κ2) is 4.56. The van der Waals surface area contributed by atoms with Crippen molar-refractivity contribution in [2.75, 3.05) is 0 Å². The van der Waals surface area contributed by atoms with Gasteiger partial charge in [0.25, 0.3) is 0 Å². The van der Waals surface area contributed by atoms with Crippen molar-refractivity contribution in [3.05, 3.63) is 36.0 Å². The van der Waals surface area contributed by atoms with Gasteiger partial charge in [-0.25, -0.2) is 0 Å². The number of aromatic nitrogens is 2. The van der Waals surface area contributed by atoms with Gasteiger partial charge in [0, 0.05) is 18.2 Å². The van der Waals surface area contributed by atoms with Crippen molar-refractivity contribution in [2.45, 2.75) is 19.8 Å². The molecule has 2 rings (SSSR count). The predicted octanol–water partition coefficient (Wildman–Crippen LogP) is 2.59. The molecule has 0 radical (unpaired) electrons. The van der Waals surface area contributed by atoms with Gasteiger partial charge in [0.2, 0.25) is 0 Å². The van der Waals surface area contributed by atoms with Crippen molar-refractivity contribution in [2.24, 2.45) is 0 Å². The van der Waals surface area contributed by atoms with Crippen molar-refractivity contribution in [1.82, 2.24) is 10.2 Å². The molecule has 15 heavy (non-hydrogen) atoms. The number of hydrogen-bond acceptors (Lipinski definition) is 2. The minimum atomic E-state index is 0.792. The first kappa shape index (κ1) is 9.67. The Balaban J connectivity index is 2.30. The highest BCUT2D eigenvalue weighted by atomic mass is 15.1. The molecular weight excluding hydrogens is 184 g/mol. The molecule has 2 heteroatoms. The molecule has 1 heterocycles. The number of nitrogens with zero attached hydrogens (tertiary/aromatic N) is 2. The van der Waals surface area contributed by atoms with Gasteiger partial charge in [-0.3, -0.25) is 0 Å². The molecule has 0 amide bonds. The van der Waals surface area contributed by atoms with E-state index in [-0.39, 0.29) is 0 Å². The lowest BCUT2D eigenvalue weighted by Gasteiger charge is -1.97. The molecule has 0 aliphatic heterocycles. The second-order valence-electron chi connectivity index (χ2n) is 3.31. The molecule has 2 aromatic rings. The molecule has 0 unspecified atom stereocenters. The maximum absolute atomic E-state index is 4.07. The summed E-state index contributed by atoms with van der Waals surface area (Å²) >= 11 is 0. The van der Waals surface area contributed by atoms with Crippen molar-refractivity contribution < 1.29 is 0 Å². The summed E-state index contributed by atoms with van der Waals surface area (Å²) in [5.74, 6) is 6.18. The molecule has 0 spiro atoms. The highest BCUT2D eigenvalue weighted by Gasteiger charge is 1.95. The Morgan fingerprint density at radius 2 is 2.13 bits per heavy atom. The smallest absolute Gasteiger partial charge is 0.0932 e. The minimum Gasteiger partial charge on any atom is -0.159 e. The number of rotatable bonds is 1. The van der Waals surface area contributed by atoms with E-state index in [1.807, 2.05) is 12.1 Å². The molecule has 0 atom stereocenters. The fraction of sp³-hybridized carbons (Fsp3) is 0.231. The van der Waals surface area contributed by atoms with Crippen LogP contribution in [0.1, 0.15) is 18.9 Å². The average Bonchev–Trinajstić information content (AvgIpc) is 2.29. The van der Waals surface area contributed by atoms with E-state index >= 15 is 0 Å². The van der Waals surface area contributed by atoms with Crippen LogP contribution in [-0.4, -0.2) is 10.2 Å². The molecule has 0 aliphatic rings. The van der Waals surface area contributed by atoms with Crippen LogP contribution < -0.4 is 0 Å². The SMILES string of the molecule is CCC#CCc1ccc2ccnnc2c1. The van der Waals surface area contributed by atoms with Crippen LogP contribution in [0, 0.1) is 11.8 Å². The summed E-state index contributed by atoms with van der Waals surface area (Å²) < 4.78 is 0. The van der Waals surface area contributed by atoms with Gasteiger partial charge in [-0.15, -0.1) is 5.92 Å². The Morgan fingerprint density at radius 1 is 1.20 bits per heavy atom. The van der Waals surface area contributed by atoms with Gasteiger partial charge in [0.05, 0.1) is 11.7 Å². The van der Waals surface area contributed by atoms with E-state index in [0.717, 1.165) is 23.7 Å². The first-order chi connectivity index (χ1) is 7.40. The van der Waals surface area contributed by atoms with Gasteiger partial charge >= 0.3 is 0 Å². The molecule has 0 N–H and O–H groups in total. The van der Waals surface area contributed by atoms with Crippen LogP contribution in [0.4, 0.5) is 0 Å². The van der Waals surface area contributed by atoms with E-state index in [2.05, 4.69) is 41.1 Å². The molecule has 0 saturated heterocycles. The molecule has 1 aromatic carbocycles. The monoisotopic (exact) mass is 196 g/mol. The van der Waals surface area contributed by atoms with E-state index in [9.17, 15) is 0 Å². The Kier molecular flexibility index (Phi) is 2.94. The molecule has 1 aromatic heterocycles. The van der Waals surface area contributed by atoms with Gasteiger partial charge in [-0.05, 0) is 17.7 Å². The van der Waals surface area contributed by atoms with Gasteiger partial charge < -0.3 is 0 Å². The number of benzene rings is 1. The van der Waals surface area contributed by atoms with E-state index < -0.39 is 0 Å². The molecule has 74 valence electrons. The number of fused-ring (bicyclic) bond motifs is 1. The Morgan fingerprint density at radius 3 is 3.00 bits per heavy atom. The van der Waals surface area contributed by atoms with Crippen LogP contribution >= 0.6 is 0 Å². The summed E-state index contributed by atoms with van der Waals surface area (Å²) in [6, 6.07) is 8.16. The van der Waals surface area contributed by atoms with Gasteiger partial charge in [-0.2, -0.15) is 10.2 Å². The lowest BCUT2D eigenvalue weighted by Crippen LogP contribution is -1.86. The summed E-state index contributed by atoms with van der Waals surface area (Å²) in [6.45, 7) is 2.05. The summed E-state index contributed by atoms with van der Waals surface area (Å²) in [5.41, 5.74) is 2.14. The molecule has 0 aliphatic carbocycles. The fourth-order valence-corrected chi connectivity index (χ4v) is 1.43. The minimum absolute atomic E-state index is 0.792. The Bertz CT molecular complexity index is 521. The Hall–Kier alpha value is -1.88. The summed E-state index contributed by atoms with van der Waals surface area (Å²) in [5, 5.41) is 9.06. The molecule has 0 fully saturated rings. The van der Waals surface area contributed by atoms with Crippen LogP contribution in [-0.2, 0) is 6.42 Å². The highest BCUT2D eigenvalue weighted by molar-refractivity contribution is 5.78. The lowest BCUT2D eigenvalue weighted by molar-refractivity contribution is 1.07. The van der Waals surface area contributed by atoms with Gasteiger partial charge in [-0.1, -0.05) is 25.0 Å². The van der Waals surface area contributed by atoms with E-state index in [4.69, 9.17) is 0 Å². The largest absolute Gasteiger partial charge is 0.159 e. The van der Waals surface area contributed by atoms with Crippen molar-refractivity contribution >= 4 is 10.9 Å². The van der Waals surface area contributed by atoms with E-state index in [0.29, 0.717) is 0 Å². The fourth-order valence-electron chi connectivity index (χ4n) is 1.43. The average molecular weight is 196 g/mol. The molecular formula is C13H12N2. The van der Waals surface area contributed by atoms with Crippen molar-refractivity contribution in [1.29, 1.82) is 0 Å². The topological polar surface area (TPSA) is 25.8 Å². The zero-order chi connectivity index (χ0) is 10.5. The maximum atomic E-state index is 4.07. The third-order valence-corrected chi connectivity index (χ3v) is 2.18. The van der Waals surface area contributed by atoms with Crippen LogP contribution in [0.3, 0.4) is 0 Å². The lowest BCUT2D eigenvalue weighted by atomic mass is 10.1. The molecule has 0 bridgehead atoms. The predicted molar refractivity (Wildman–Crippen MR) is 61.3 cm³/mol. The normalized spacial score (nSPS) is 9.67. The van der Waals surface area contributed by atoms with Crippen LogP contribution in [0.25, 0.3) is 10.9 Å². The zero-order valence-corrected chi connectivity index (χ0v) is 8.70. The van der Waals surface area contributed by atoms with E-state index in [1.54, 1.807) is 6.20 Å². The van der Waals surface area contributed by atoms with Crippen LogP contribution in [0.5, 0.6) is 0 Å². The summed E-state index contributed by atoms with van der Waals surface area (Å²) in [7, 11) is 0. The second-order valence-corrected chi connectivity index (χ2v) is 3.31. The molecule has 0 saturated carbocycles. The van der Waals surface area contributed by atoms with Crippen LogP contribution in [0.15, 0.2) is 30.5 Å². The highest BCUT2D eigenvalue weighted by Crippen LogP contribution is 2.12. The third kappa shape index (κ3) is 2.32. The first-order valence-corrected chi connectivity index (χ1v) is 5.06. The summed E-state index contributed by atoms with van der Waals surface area (Å²) in [4.78, 5) is 0. The Labute approximate surface area is 89.3 Å². The first-order valence-electron chi connectivity index (χ1n) is 5.06. The molecule has 2 nitrogen and oxygen atoms in total. The van der Waals surface area contributed by atoms with Crippen molar-refractivity contribution in [3.8, 4) is 11.8 Å². The zero-order valence-electron chi connectivity index (χ0n) is 8.70. The third-order valence-electron chi connectivity index (χ3n) is 2.18. The van der Waals surface area contributed by atoms with Crippen LogP contribution in [0.2, 0.25) is 0 Å². The van der Waals surface area contributed by atoms with Gasteiger partial charge in [0.15, 0.2) is 0 Å².